The van der Waals surface area contributed by atoms with E-state index in [-0.39, 0.29) is 23.8 Å². The lowest BCUT2D eigenvalue weighted by Gasteiger charge is -2.35. The molecule has 0 unspecified atom stereocenters. The topological polar surface area (TPSA) is 78.9 Å². The number of carbonyl (C=O) groups is 2. The Labute approximate surface area is 123 Å². The quantitative estimate of drug-likeness (QED) is 0.889. The first-order valence-electron chi connectivity index (χ1n) is 6.96. The number of urea groups is 1. The summed E-state index contributed by atoms with van der Waals surface area (Å²) < 4.78 is 5.59. The van der Waals surface area contributed by atoms with Crippen molar-refractivity contribution in [3.8, 4) is 0 Å². The molecule has 1 fully saturated rings. The summed E-state index contributed by atoms with van der Waals surface area (Å²) in [5.41, 5.74) is 1.10. The van der Waals surface area contributed by atoms with E-state index >= 15 is 0 Å². The van der Waals surface area contributed by atoms with Gasteiger partial charge in [0.2, 0.25) is 0 Å². The fraction of sp³-hybridized carbons (Fsp3) is 0.467. The van der Waals surface area contributed by atoms with E-state index in [9.17, 15) is 9.59 Å². The predicted molar refractivity (Wildman–Crippen MR) is 77.2 cm³/mol. The molecule has 1 aliphatic heterocycles. The first-order valence-corrected chi connectivity index (χ1v) is 6.96. The van der Waals surface area contributed by atoms with E-state index in [1.54, 1.807) is 17.0 Å². The Bertz CT molecular complexity index is 505. The molecule has 0 saturated carbocycles. The number of hydrogen-bond donors (Lipinski definition) is 2. The van der Waals surface area contributed by atoms with Gasteiger partial charge in [-0.25, -0.2) is 9.59 Å². The van der Waals surface area contributed by atoms with Crippen LogP contribution in [0.5, 0.6) is 0 Å². The van der Waals surface area contributed by atoms with Crippen molar-refractivity contribution in [2.75, 3.05) is 13.1 Å². The molecule has 21 heavy (non-hydrogen) atoms. The predicted octanol–water partition coefficient (Wildman–Crippen LogP) is 1.70. The van der Waals surface area contributed by atoms with E-state index in [1.807, 2.05) is 13.8 Å². The summed E-state index contributed by atoms with van der Waals surface area (Å²) >= 11 is 0. The number of aromatic carboxylic acids is 1. The maximum atomic E-state index is 12.1. The molecule has 6 nitrogen and oxygen atoms in total. The number of carboxylic acid groups (broad SMARTS) is 1. The van der Waals surface area contributed by atoms with E-state index < -0.39 is 5.97 Å². The smallest absolute Gasteiger partial charge is 0.335 e. The molecule has 0 bridgehead atoms. The minimum absolute atomic E-state index is 0.0364. The lowest BCUT2D eigenvalue weighted by Crippen LogP contribution is -2.51. The van der Waals surface area contributed by atoms with Crippen molar-refractivity contribution in [1.29, 1.82) is 0 Å². The lowest BCUT2D eigenvalue weighted by atomic mass is 10.1. The Morgan fingerprint density at radius 2 is 1.81 bits per heavy atom. The summed E-state index contributed by atoms with van der Waals surface area (Å²) in [5.74, 6) is -0.957. The van der Waals surface area contributed by atoms with Crippen molar-refractivity contribution in [2.45, 2.75) is 32.6 Å². The molecule has 0 aromatic heterocycles. The summed E-state index contributed by atoms with van der Waals surface area (Å²) in [7, 11) is 0. The largest absolute Gasteiger partial charge is 0.478 e. The molecule has 1 saturated heterocycles. The summed E-state index contributed by atoms with van der Waals surface area (Å²) in [6.07, 6.45) is 0.0729. The Hall–Kier alpha value is -2.08. The number of amides is 2. The number of carbonyl (C=O) groups excluding carboxylic acids is 1. The van der Waals surface area contributed by atoms with Crippen molar-refractivity contribution in [3.63, 3.8) is 0 Å². The Kier molecular flexibility index (Phi) is 4.80. The molecule has 114 valence electrons. The summed E-state index contributed by atoms with van der Waals surface area (Å²) in [4.78, 5) is 24.6. The second-order valence-electron chi connectivity index (χ2n) is 5.32. The molecule has 0 spiro atoms. The van der Waals surface area contributed by atoms with Crippen LogP contribution in [0.2, 0.25) is 0 Å². The van der Waals surface area contributed by atoms with Crippen LogP contribution in [0.1, 0.15) is 29.8 Å². The molecule has 2 N–H and O–H groups in total. The highest BCUT2D eigenvalue weighted by Crippen LogP contribution is 2.11. The van der Waals surface area contributed by atoms with Crippen LogP contribution in [0, 0.1) is 0 Å². The van der Waals surface area contributed by atoms with E-state index in [4.69, 9.17) is 9.84 Å². The Balaban J connectivity index is 1.87. The first-order chi connectivity index (χ1) is 9.95. The van der Waals surface area contributed by atoms with Crippen LogP contribution >= 0.6 is 0 Å². The molecule has 1 aromatic rings. The van der Waals surface area contributed by atoms with Gasteiger partial charge >= 0.3 is 12.0 Å². The molecule has 6 heteroatoms. The first kappa shape index (κ1) is 15.3. The highest BCUT2D eigenvalue weighted by atomic mass is 16.5. The number of nitrogens with one attached hydrogen (secondary N) is 1. The van der Waals surface area contributed by atoms with E-state index in [0.29, 0.717) is 19.6 Å². The van der Waals surface area contributed by atoms with Crippen molar-refractivity contribution in [1.82, 2.24) is 10.2 Å². The number of rotatable bonds is 3. The van der Waals surface area contributed by atoms with Gasteiger partial charge in [0, 0.05) is 19.6 Å². The monoisotopic (exact) mass is 292 g/mol. The number of morpholine rings is 1. The molecule has 2 atom stereocenters. The van der Waals surface area contributed by atoms with Gasteiger partial charge in [-0.2, -0.15) is 0 Å². The van der Waals surface area contributed by atoms with Gasteiger partial charge in [-0.15, -0.1) is 0 Å². The Morgan fingerprint density at radius 3 is 2.33 bits per heavy atom. The number of hydrogen-bond acceptors (Lipinski definition) is 3. The van der Waals surface area contributed by atoms with E-state index in [2.05, 4.69) is 5.32 Å². The van der Waals surface area contributed by atoms with Crippen molar-refractivity contribution in [2.24, 2.45) is 0 Å². The van der Waals surface area contributed by atoms with E-state index in [0.717, 1.165) is 5.56 Å². The molecule has 1 aromatic carbocycles. The average Bonchev–Trinajstić information content (AvgIpc) is 2.44. The SMILES string of the molecule is C[C@@H]1CN(C(=O)NCc2ccc(C(=O)O)cc2)C[C@H](C)O1. The molecule has 0 radical (unpaired) electrons. The zero-order chi connectivity index (χ0) is 15.4. The highest BCUT2D eigenvalue weighted by Gasteiger charge is 2.25. The van der Waals surface area contributed by atoms with Crippen LogP contribution in [-0.2, 0) is 11.3 Å². The fourth-order valence-corrected chi connectivity index (χ4v) is 2.40. The highest BCUT2D eigenvalue weighted by molar-refractivity contribution is 5.87. The minimum Gasteiger partial charge on any atom is -0.478 e. The minimum atomic E-state index is -0.957. The van der Waals surface area contributed by atoms with Gasteiger partial charge in [-0.1, -0.05) is 12.1 Å². The summed E-state index contributed by atoms with van der Waals surface area (Å²) in [5, 5.41) is 11.7. The molecule has 1 heterocycles. The normalized spacial score (nSPS) is 21.9. The number of nitrogens with zero attached hydrogens (tertiary/aromatic N) is 1. The number of ether oxygens (including phenoxy) is 1. The van der Waals surface area contributed by atoms with Crippen LogP contribution in [0.3, 0.4) is 0 Å². The second kappa shape index (κ2) is 6.58. The number of benzene rings is 1. The van der Waals surface area contributed by atoms with Crippen LogP contribution in [0.4, 0.5) is 4.79 Å². The van der Waals surface area contributed by atoms with Gasteiger partial charge in [0.05, 0.1) is 17.8 Å². The number of carboxylic acids is 1. The van der Waals surface area contributed by atoms with Crippen LogP contribution in [-0.4, -0.2) is 47.3 Å². The maximum Gasteiger partial charge on any atom is 0.335 e. The molecular weight excluding hydrogens is 272 g/mol. The zero-order valence-electron chi connectivity index (χ0n) is 12.2. The molecular formula is C15H20N2O4. The molecule has 2 rings (SSSR count). The fourth-order valence-electron chi connectivity index (χ4n) is 2.40. The third kappa shape index (κ3) is 4.19. The van der Waals surface area contributed by atoms with Gasteiger partial charge in [0.15, 0.2) is 0 Å². The van der Waals surface area contributed by atoms with Crippen molar-refractivity contribution < 1.29 is 19.4 Å². The van der Waals surface area contributed by atoms with Gasteiger partial charge in [-0.05, 0) is 31.5 Å². The third-order valence-corrected chi connectivity index (χ3v) is 3.35. The van der Waals surface area contributed by atoms with Crippen LogP contribution < -0.4 is 5.32 Å². The molecule has 1 aliphatic rings. The van der Waals surface area contributed by atoms with Crippen LogP contribution in [0.15, 0.2) is 24.3 Å². The van der Waals surface area contributed by atoms with Gasteiger partial charge in [0.1, 0.15) is 0 Å². The van der Waals surface area contributed by atoms with Gasteiger partial charge in [0.25, 0.3) is 0 Å². The zero-order valence-corrected chi connectivity index (χ0v) is 12.2. The lowest BCUT2D eigenvalue weighted by molar-refractivity contribution is -0.0545. The second-order valence-corrected chi connectivity index (χ2v) is 5.32. The Morgan fingerprint density at radius 1 is 1.24 bits per heavy atom. The van der Waals surface area contributed by atoms with Crippen molar-refractivity contribution >= 4 is 12.0 Å². The van der Waals surface area contributed by atoms with Gasteiger partial charge < -0.3 is 20.1 Å². The summed E-state index contributed by atoms with van der Waals surface area (Å²) in [6, 6.07) is 6.34. The van der Waals surface area contributed by atoms with Crippen molar-refractivity contribution in [3.05, 3.63) is 35.4 Å². The molecule has 2 amide bonds. The molecule has 0 aliphatic carbocycles. The summed E-state index contributed by atoms with van der Waals surface area (Å²) in [6.45, 7) is 5.42. The van der Waals surface area contributed by atoms with Crippen LogP contribution in [0.25, 0.3) is 0 Å². The average molecular weight is 292 g/mol. The third-order valence-electron chi connectivity index (χ3n) is 3.35. The standard InChI is InChI=1S/C15H20N2O4/c1-10-8-17(9-11(2)21-10)15(20)16-7-12-3-5-13(6-4-12)14(18)19/h3-6,10-11H,7-9H2,1-2H3,(H,16,20)(H,18,19)/t10-,11+. The maximum absolute atomic E-state index is 12.1. The van der Waals surface area contributed by atoms with E-state index in [1.165, 1.54) is 12.1 Å². The van der Waals surface area contributed by atoms with Gasteiger partial charge in [-0.3, -0.25) is 0 Å².